The number of carbonyl (C=O) groups excluding carboxylic acids is 1. The van der Waals surface area contributed by atoms with Crippen LogP contribution in [0, 0.1) is 6.92 Å². The van der Waals surface area contributed by atoms with Gasteiger partial charge in [-0.1, -0.05) is 78.4 Å². The average Bonchev–Trinajstić information content (AvgIpc) is 2.93. The van der Waals surface area contributed by atoms with Crippen LogP contribution in [0.1, 0.15) is 45.6 Å². The molecule has 0 heterocycles. The molecule has 38 heavy (non-hydrogen) atoms. The van der Waals surface area contributed by atoms with Crippen LogP contribution in [0.4, 0.5) is 0 Å². The van der Waals surface area contributed by atoms with E-state index in [1.165, 1.54) is 11.4 Å². The molecule has 196 valence electrons. The number of hydrogen-bond donors (Lipinski definition) is 1. The molecule has 0 saturated heterocycles. The summed E-state index contributed by atoms with van der Waals surface area (Å²) in [6, 6.07) is 31.1. The van der Waals surface area contributed by atoms with Crippen molar-refractivity contribution >= 4 is 15.9 Å². The summed E-state index contributed by atoms with van der Waals surface area (Å²) in [5.74, 6) is 0.272. The molecule has 6 nitrogen and oxygen atoms in total. The molecule has 4 aromatic carbocycles. The van der Waals surface area contributed by atoms with Crippen LogP contribution in [0.2, 0.25) is 0 Å². The van der Waals surface area contributed by atoms with E-state index >= 15 is 0 Å². The van der Waals surface area contributed by atoms with Gasteiger partial charge in [0.2, 0.25) is 10.0 Å². The van der Waals surface area contributed by atoms with Crippen LogP contribution in [0.3, 0.4) is 0 Å². The second-order valence-electron chi connectivity index (χ2n) is 9.06. The van der Waals surface area contributed by atoms with Crippen molar-refractivity contribution in [1.29, 1.82) is 0 Å². The highest BCUT2D eigenvalue weighted by atomic mass is 32.2. The van der Waals surface area contributed by atoms with Gasteiger partial charge in [0, 0.05) is 24.7 Å². The summed E-state index contributed by atoms with van der Waals surface area (Å²) in [5.41, 5.74) is 3.92. The first-order valence-corrected chi connectivity index (χ1v) is 13.9. The zero-order valence-electron chi connectivity index (χ0n) is 21.8. The topological polar surface area (TPSA) is 75.7 Å². The smallest absolute Gasteiger partial charge is 0.252 e. The molecule has 0 spiro atoms. The highest BCUT2D eigenvalue weighted by Gasteiger charge is 2.23. The Balaban J connectivity index is 1.62. The minimum atomic E-state index is -3.73. The normalized spacial score (nSPS) is 11.5. The first-order valence-electron chi connectivity index (χ1n) is 12.5. The van der Waals surface area contributed by atoms with Crippen LogP contribution >= 0.6 is 0 Å². The second-order valence-corrected chi connectivity index (χ2v) is 11.1. The summed E-state index contributed by atoms with van der Waals surface area (Å²) in [6.07, 6.45) is 0. The van der Waals surface area contributed by atoms with Crippen molar-refractivity contribution in [1.82, 2.24) is 9.62 Å². The van der Waals surface area contributed by atoms with Gasteiger partial charge in [0.25, 0.3) is 5.91 Å². The Morgan fingerprint density at radius 3 is 2.00 bits per heavy atom. The van der Waals surface area contributed by atoms with Gasteiger partial charge in [-0.25, -0.2) is 8.42 Å². The predicted octanol–water partition coefficient (Wildman–Crippen LogP) is 5.73. The Bertz CT molecular complexity index is 1430. The van der Waals surface area contributed by atoms with Crippen LogP contribution in [0.5, 0.6) is 5.75 Å². The molecule has 0 saturated carbocycles. The number of nitrogens with one attached hydrogen (secondary N) is 1. The third kappa shape index (κ3) is 6.30. The molecule has 0 fully saturated rings. The quantitative estimate of drug-likeness (QED) is 0.285. The Labute approximate surface area is 225 Å². The van der Waals surface area contributed by atoms with Crippen LogP contribution < -0.4 is 10.1 Å². The van der Waals surface area contributed by atoms with Gasteiger partial charge in [-0.3, -0.25) is 4.79 Å². The van der Waals surface area contributed by atoms with E-state index in [9.17, 15) is 13.2 Å². The van der Waals surface area contributed by atoms with E-state index in [1.807, 2.05) is 74.5 Å². The first kappa shape index (κ1) is 27.1. The molecular formula is C31H32N2O4S. The summed E-state index contributed by atoms with van der Waals surface area (Å²) < 4.78 is 33.4. The molecule has 0 atom stereocenters. The predicted molar refractivity (Wildman–Crippen MR) is 150 cm³/mol. The van der Waals surface area contributed by atoms with Crippen molar-refractivity contribution in [3.8, 4) is 5.75 Å². The number of sulfonamides is 1. The van der Waals surface area contributed by atoms with Gasteiger partial charge in [0.15, 0.2) is 0 Å². The third-order valence-corrected chi connectivity index (χ3v) is 8.10. The van der Waals surface area contributed by atoms with Crippen molar-refractivity contribution < 1.29 is 17.9 Å². The monoisotopic (exact) mass is 528 g/mol. The van der Waals surface area contributed by atoms with E-state index in [0.29, 0.717) is 23.5 Å². The maximum absolute atomic E-state index is 13.5. The lowest BCUT2D eigenvalue weighted by Gasteiger charge is -2.22. The molecule has 0 aliphatic carbocycles. The molecule has 0 aliphatic heterocycles. The number of carbonyl (C=O) groups is 1. The number of aryl methyl sites for hydroxylation is 1. The maximum Gasteiger partial charge on any atom is 0.252 e. The van der Waals surface area contributed by atoms with E-state index in [-0.39, 0.29) is 23.4 Å². The minimum absolute atomic E-state index is 0.0491. The summed E-state index contributed by atoms with van der Waals surface area (Å²) in [7, 11) is -2.21. The number of rotatable bonds is 10. The van der Waals surface area contributed by atoms with E-state index in [0.717, 1.165) is 16.7 Å². The lowest BCUT2D eigenvalue weighted by molar-refractivity contribution is 0.0942. The number of benzene rings is 4. The molecule has 1 N–H and O–H groups in total. The van der Waals surface area contributed by atoms with E-state index < -0.39 is 10.0 Å². The molecule has 0 aromatic heterocycles. The fraction of sp³-hybridized carbons (Fsp3) is 0.194. The summed E-state index contributed by atoms with van der Waals surface area (Å²) in [5, 5.41) is 3.15. The minimum Gasteiger partial charge on any atom is -0.494 e. The molecule has 0 aliphatic rings. The Hall–Kier alpha value is -3.94. The van der Waals surface area contributed by atoms with Gasteiger partial charge >= 0.3 is 0 Å². The first-order chi connectivity index (χ1) is 18.3. The maximum atomic E-state index is 13.5. The Morgan fingerprint density at radius 1 is 0.868 bits per heavy atom. The van der Waals surface area contributed by atoms with Crippen molar-refractivity contribution in [2.75, 3.05) is 13.7 Å². The fourth-order valence-corrected chi connectivity index (χ4v) is 5.37. The van der Waals surface area contributed by atoms with Gasteiger partial charge < -0.3 is 10.1 Å². The van der Waals surface area contributed by atoms with Crippen LogP contribution in [0.15, 0.2) is 108 Å². The van der Waals surface area contributed by atoms with Gasteiger partial charge in [-0.05, 0) is 55.3 Å². The summed E-state index contributed by atoms with van der Waals surface area (Å²) in [6.45, 7) is 4.23. The van der Waals surface area contributed by atoms with E-state index in [4.69, 9.17) is 4.74 Å². The highest BCUT2D eigenvalue weighted by molar-refractivity contribution is 7.89. The van der Waals surface area contributed by atoms with Crippen molar-refractivity contribution in [3.63, 3.8) is 0 Å². The lowest BCUT2D eigenvalue weighted by Crippen LogP contribution is -2.30. The SMILES string of the molecule is CCOc1ccc(C(=O)NC(c2ccccc2)c2ccccc2)cc1CN(C)S(=O)(=O)c1ccc(C)cc1. The third-order valence-electron chi connectivity index (χ3n) is 6.29. The zero-order chi connectivity index (χ0) is 27.1. The van der Waals surface area contributed by atoms with Crippen LogP contribution in [0.25, 0.3) is 0 Å². The molecule has 1 amide bonds. The number of amides is 1. The van der Waals surface area contributed by atoms with Crippen molar-refractivity contribution in [3.05, 3.63) is 131 Å². The second kappa shape index (κ2) is 12.1. The molecule has 0 unspecified atom stereocenters. The largest absolute Gasteiger partial charge is 0.494 e. The highest BCUT2D eigenvalue weighted by Crippen LogP contribution is 2.27. The van der Waals surface area contributed by atoms with Crippen molar-refractivity contribution in [2.24, 2.45) is 0 Å². The van der Waals surface area contributed by atoms with E-state index in [2.05, 4.69) is 5.32 Å². The Kier molecular flexibility index (Phi) is 8.61. The molecule has 4 aromatic rings. The lowest BCUT2D eigenvalue weighted by atomic mass is 9.98. The van der Waals surface area contributed by atoms with Gasteiger partial charge in [-0.2, -0.15) is 4.31 Å². The van der Waals surface area contributed by atoms with Crippen LogP contribution in [-0.4, -0.2) is 32.3 Å². The van der Waals surface area contributed by atoms with Gasteiger partial charge in [0.1, 0.15) is 5.75 Å². The van der Waals surface area contributed by atoms with Crippen LogP contribution in [-0.2, 0) is 16.6 Å². The van der Waals surface area contributed by atoms with Gasteiger partial charge in [0.05, 0.1) is 17.5 Å². The molecule has 7 heteroatoms. The summed E-state index contributed by atoms with van der Waals surface area (Å²) >= 11 is 0. The van der Waals surface area contributed by atoms with Gasteiger partial charge in [-0.15, -0.1) is 0 Å². The fourth-order valence-electron chi connectivity index (χ4n) is 4.22. The number of nitrogens with zero attached hydrogens (tertiary/aromatic N) is 1. The standard InChI is InChI=1S/C31H32N2O4S/c1-4-37-29-20-17-26(21-27(29)22-33(3)38(35,36)28-18-15-23(2)16-19-28)31(34)32-30(24-11-7-5-8-12-24)25-13-9-6-10-14-25/h5-21,30H,4,22H2,1-3H3,(H,32,34). The summed E-state index contributed by atoms with van der Waals surface area (Å²) in [4.78, 5) is 13.7. The molecule has 0 radical (unpaired) electrons. The zero-order valence-corrected chi connectivity index (χ0v) is 22.6. The van der Waals surface area contributed by atoms with Crippen molar-refractivity contribution in [2.45, 2.75) is 31.3 Å². The molecular weight excluding hydrogens is 496 g/mol. The number of ether oxygens (including phenoxy) is 1. The number of hydrogen-bond acceptors (Lipinski definition) is 4. The average molecular weight is 529 g/mol. The van der Waals surface area contributed by atoms with E-state index in [1.54, 1.807) is 42.5 Å². The molecule has 0 bridgehead atoms. The Morgan fingerprint density at radius 2 is 1.45 bits per heavy atom. The molecule has 4 rings (SSSR count).